The Morgan fingerprint density at radius 2 is 1.71 bits per heavy atom. The van der Waals surface area contributed by atoms with Crippen LogP contribution in [0.4, 0.5) is 5.69 Å². The molecule has 0 saturated heterocycles. The Kier molecular flexibility index (Phi) is 4.77. The summed E-state index contributed by atoms with van der Waals surface area (Å²) in [6.07, 6.45) is 0. The van der Waals surface area contributed by atoms with Crippen LogP contribution in [0.1, 0.15) is 12.5 Å². The highest BCUT2D eigenvalue weighted by Gasteiger charge is 2.11. The number of likely N-dealkylation sites (N-methyl/N-ethyl adjacent to an activating group) is 1. The Labute approximate surface area is 125 Å². The zero-order valence-electron chi connectivity index (χ0n) is 12.4. The van der Waals surface area contributed by atoms with Gasteiger partial charge in [0.25, 0.3) is 5.91 Å². The van der Waals surface area contributed by atoms with Crippen molar-refractivity contribution < 1.29 is 9.53 Å². The fraction of sp³-hybridized carbons (Fsp3) is 0.167. The summed E-state index contributed by atoms with van der Waals surface area (Å²) in [6.45, 7) is 5.90. The lowest BCUT2D eigenvalue weighted by atomic mass is 10.2. The summed E-state index contributed by atoms with van der Waals surface area (Å²) in [5.74, 6) is 0.687. The third-order valence-electron chi connectivity index (χ3n) is 3.14. The summed E-state index contributed by atoms with van der Waals surface area (Å²) in [4.78, 5) is 13.4. The number of rotatable bonds is 5. The third kappa shape index (κ3) is 3.96. The standard InChI is InChI=1S/C18H19NO2/c1-14(2)18(20)19(3)16-9-11-17(12-10-16)21-13-15-7-5-4-6-8-15/h4-12H,1,13H2,2-3H3. The smallest absolute Gasteiger partial charge is 0.253 e. The topological polar surface area (TPSA) is 29.5 Å². The molecule has 108 valence electrons. The van der Waals surface area contributed by atoms with E-state index >= 15 is 0 Å². The molecule has 0 bridgehead atoms. The predicted molar refractivity (Wildman–Crippen MR) is 85.4 cm³/mol. The van der Waals surface area contributed by atoms with Gasteiger partial charge in [-0.2, -0.15) is 0 Å². The maximum atomic E-state index is 11.8. The van der Waals surface area contributed by atoms with Crippen LogP contribution in [0.25, 0.3) is 0 Å². The average Bonchev–Trinajstić information content (AvgIpc) is 2.53. The van der Waals surface area contributed by atoms with E-state index in [0.29, 0.717) is 12.2 Å². The van der Waals surface area contributed by atoms with E-state index in [2.05, 4.69) is 6.58 Å². The van der Waals surface area contributed by atoms with Crippen molar-refractivity contribution in [2.24, 2.45) is 0 Å². The van der Waals surface area contributed by atoms with Gasteiger partial charge in [0, 0.05) is 18.3 Å². The van der Waals surface area contributed by atoms with E-state index in [1.54, 1.807) is 18.9 Å². The zero-order valence-corrected chi connectivity index (χ0v) is 12.4. The van der Waals surface area contributed by atoms with Gasteiger partial charge in [0.2, 0.25) is 0 Å². The number of carbonyl (C=O) groups is 1. The van der Waals surface area contributed by atoms with E-state index in [0.717, 1.165) is 17.0 Å². The quantitative estimate of drug-likeness (QED) is 0.780. The summed E-state index contributed by atoms with van der Waals surface area (Å²) >= 11 is 0. The van der Waals surface area contributed by atoms with Crippen molar-refractivity contribution in [1.82, 2.24) is 0 Å². The molecule has 1 amide bonds. The molecule has 0 spiro atoms. The van der Waals surface area contributed by atoms with Crippen LogP contribution in [0.2, 0.25) is 0 Å². The monoisotopic (exact) mass is 281 g/mol. The van der Waals surface area contributed by atoms with Crippen LogP contribution in [0.5, 0.6) is 5.75 Å². The number of hydrogen-bond acceptors (Lipinski definition) is 2. The molecule has 0 N–H and O–H groups in total. The molecule has 0 aliphatic heterocycles. The number of anilines is 1. The van der Waals surface area contributed by atoms with E-state index in [4.69, 9.17) is 4.74 Å². The molecule has 0 aliphatic carbocycles. The number of ether oxygens (including phenoxy) is 1. The summed E-state index contributed by atoms with van der Waals surface area (Å²) < 4.78 is 5.71. The SMILES string of the molecule is C=C(C)C(=O)N(C)c1ccc(OCc2ccccc2)cc1. The van der Waals surface area contributed by atoms with Crippen LogP contribution in [-0.2, 0) is 11.4 Å². The Bertz CT molecular complexity index is 617. The minimum Gasteiger partial charge on any atom is -0.489 e. The van der Waals surface area contributed by atoms with Gasteiger partial charge in [0.1, 0.15) is 12.4 Å². The molecule has 0 atom stereocenters. The molecule has 3 nitrogen and oxygen atoms in total. The van der Waals surface area contributed by atoms with Crippen LogP contribution in [0.15, 0.2) is 66.7 Å². The third-order valence-corrected chi connectivity index (χ3v) is 3.14. The number of carbonyl (C=O) groups excluding carboxylic acids is 1. The first-order chi connectivity index (χ1) is 10.1. The molecular weight excluding hydrogens is 262 g/mol. The lowest BCUT2D eigenvalue weighted by Gasteiger charge is -2.17. The second-order valence-corrected chi connectivity index (χ2v) is 4.91. The van der Waals surface area contributed by atoms with Crippen molar-refractivity contribution in [3.05, 3.63) is 72.3 Å². The lowest BCUT2D eigenvalue weighted by molar-refractivity contribution is -0.114. The molecule has 21 heavy (non-hydrogen) atoms. The van der Waals surface area contributed by atoms with Crippen molar-refractivity contribution in [3.63, 3.8) is 0 Å². The molecule has 3 heteroatoms. The van der Waals surface area contributed by atoms with E-state index in [-0.39, 0.29) is 5.91 Å². The van der Waals surface area contributed by atoms with Crippen LogP contribution in [-0.4, -0.2) is 13.0 Å². The molecule has 0 aliphatic rings. The van der Waals surface area contributed by atoms with E-state index in [1.807, 2.05) is 54.6 Å². The summed E-state index contributed by atoms with van der Waals surface area (Å²) in [5.41, 5.74) is 2.45. The maximum absolute atomic E-state index is 11.8. The maximum Gasteiger partial charge on any atom is 0.253 e. The highest BCUT2D eigenvalue weighted by atomic mass is 16.5. The number of amides is 1. The first-order valence-corrected chi connectivity index (χ1v) is 6.78. The normalized spacial score (nSPS) is 10.0. The summed E-state index contributed by atoms with van der Waals surface area (Å²) in [6, 6.07) is 17.4. The van der Waals surface area contributed by atoms with Crippen LogP contribution < -0.4 is 9.64 Å². The number of nitrogens with zero attached hydrogens (tertiary/aromatic N) is 1. The Morgan fingerprint density at radius 3 is 2.29 bits per heavy atom. The van der Waals surface area contributed by atoms with Crippen LogP contribution in [0, 0.1) is 0 Å². The Balaban J connectivity index is 1.99. The second kappa shape index (κ2) is 6.75. The van der Waals surface area contributed by atoms with Gasteiger partial charge < -0.3 is 9.64 Å². The van der Waals surface area contributed by atoms with Gasteiger partial charge in [0.15, 0.2) is 0 Å². The molecule has 0 unspecified atom stereocenters. The van der Waals surface area contributed by atoms with Crippen molar-refractivity contribution >= 4 is 11.6 Å². The largest absolute Gasteiger partial charge is 0.489 e. The van der Waals surface area contributed by atoms with E-state index < -0.39 is 0 Å². The molecule has 0 heterocycles. The van der Waals surface area contributed by atoms with E-state index in [1.165, 1.54) is 0 Å². The first kappa shape index (κ1) is 14.9. The van der Waals surface area contributed by atoms with Gasteiger partial charge in [-0.05, 0) is 36.8 Å². The Morgan fingerprint density at radius 1 is 1.10 bits per heavy atom. The minimum atomic E-state index is -0.0899. The number of benzene rings is 2. The molecular formula is C18H19NO2. The van der Waals surface area contributed by atoms with Gasteiger partial charge in [0.05, 0.1) is 0 Å². The van der Waals surface area contributed by atoms with Gasteiger partial charge in [-0.3, -0.25) is 4.79 Å². The Hall–Kier alpha value is -2.55. The molecule has 2 aromatic rings. The van der Waals surface area contributed by atoms with E-state index in [9.17, 15) is 4.79 Å². The highest BCUT2D eigenvalue weighted by molar-refractivity contribution is 6.04. The van der Waals surface area contributed by atoms with Crippen molar-refractivity contribution in [3.8, 4) is 5.75 Å². The van der Waals surface area contributed by atoms with Gasteiger partial charge in [-0.15, -0.1) is 0 Å². The molecule has 0 radical (unpaired) electrons. The van der Waals surface area contributed by atoms with Crippen molar-refractivity contribution in [1.29, 1.82) is 0 Å². The van der Waals surface area contributed by atoms with Gasteiger partial charge >= 0.3 is 0 Å². The van der Waals surface area contributed by atoms with Crippen LogP contribution in [0.3, 0.4) is 0 Å². The van der Waals surface area contributed by atoms with Crippen molar-refractivity contribution in [2.45, 2.75) is 13.5 Å². The fourth-order valence-electron chi connectivity index (χ4n) is 1.91. The predicted octanol–water partition coefficient (Wildman–Crippen LogP) is 3.80. The van der Waals surface area contributed by atoms with Gasteiger partial charge in [-0.1, -0.05) is 36.9 Å². The zero-order chi connectivity index (χ0) is 15.2. The summed E-state index contributed by atoms with van der Waals surface area (Å²) in [5, 5.41) is 0. The first-order valence-electron chi connectivity index (χ1n) is 6.78. The summed E-state index contributed by atoms with van der Waals surface area (Å²) in [7, 11) is 1.73. The highest BCUT2D eigenvalue weighted by Crippen LogP contribution is 2.20. The van der Waals surface area contributed by atoms with Crippen LogP contribution >= 0.6 is 0 Å². The number of hydrogen-bond donors (Lipinski definition) is 0. The molecule has 0 fully saturated rings. The molecule has 2 aromatic carbocycles. The molecule has 2 rings (SSSR count). The molecule has 0 saturated carbocycles. The lowest BCUT2D eigenvalue weighted by Crippen LogP contribution is -2.26. The molecule has 0 aromatic heterocycles. The van der Waals surface area contributed by atoms with Crippen molar-refractivity contribution in [2.75, 3.05) is 11.9 Å². The average molecular weight is 281 g/mol. The second-order valence-electron chi connectivity index (χ2n) is 4.91. The minimum absolute atomic E-state index is 0.0899. The van der Waals surface area contributed by atoms with Gasteiger partial charge in [-0.25, -0.2) is 0 Å². The fourth-order valence-corrected chi connectivity index (χ4v) is 1.91.